The van der Waals surface area contributed by atoms with Crippen molar-refractivity contribution in [3.05, 3.63) is 33.2 Å². The summed E-state index contributed by atoms with van der Waals surface area (Å²) in [5.41, 5.74) is 2.07. The summed E-state index contributed by atoms with van der Waals surface area (Å²) in [5, 5.41) is 16.8. The van der Waals surface area contributed by atoms with Gasteiger partial charge in [-0.2, -0.15) is 0 Å². The van der Waals surface area contributed by atoms with E-state index >= 15 is 0 Å². The van der Waals surface area contributed by atoms with Crippen LogP contribution in [0.5, 0.6) is 0 Å². The molecule has 1 heterocycles. The number of carbonyl (C=O) groups is 1. The van der Waals surface area contributed by atoms with E-state index in [9.17, 15) is 4.79 Å². The standard InChI is InChI=1S/C14H15IN2O3/c1-8(7-12(18)19)6-11-16-17-14(20-11)10-5-3-4-9(2)13(10)15/h3-5,8H,6-7H2,1-2H3,(H,18,19). The van der Waals surface area contributed by atoms with Crippen LogP contribution in [0, 0.1) is 16.4 Å². The zero-order valence-electron chi connectivity index (χ0n) is 11.3. The van der Waals surface area contributed by atoms with E-state index in [0.29, 0.717) is 18.2 Å². The van der Waals surface area contributed by atoms with Crippen LogP contribution in [0.2, 0.25) is 0 Å². The van der Waals surface area contributed by atoms with E-state index in [4.69, 9.17) is 9.52 Å². The molecule has 0 bridgehead atoms. The second-order valence-electron chi connectivity index (χ2n) is 4.84. The fraction of sp³-hybridized carbons (Fsp3) is 0.357. The molecular weight excluding hydrogens is 371 g/mol. The van der Waals surface area contributed by atoms with E-state index in [0.717, 1.165) is 14.7 Å². The number of aryl methyl sites for hydroxylation is 1. The lowest BCUT2D eigenvalue weighted by atomic mass is 10.0. The lowest BCUT2D eigenvalue weighted by Crippen LogP contribution is -2.07. The highest BCUT2D eigenvalue weighted by Gasteiger charge is 2.16. The van der Waals surface area contributed by atoms with E-state index in [1.165, 1.54) is 0 Å². The summed E-state index contributed by atoms with van der Waals surface area (Å²) >= 11 is 2.25. The summed E-state index contributed by atoms with van der Waals surface area (Å²) in [5.74, 6) is 0.115. The maximum Gasteiger partial charge on any atom is 0.303 e. The van der Waals surface area contributed by atoms with Crippen molar-refractivity contribution in [1.29, 1.82) is 0 Å². The predicted molar refractivity (Wildman–Crippen MR) is 82.3 cm³/mol. The first-order valence-corrected chi connectivity index (χ1v) is 7.35. The highest BCUT2D eigenvalue weighted by atomic mass is 127. The first kappa shape index (κ1) is 15.0. The van der Waals surface area contributed by atoms with E-state index in [1.54, 1.807) is 0 Å². The number of hydrogen-bond donors (Lipinski definition) is 1. The normalized spacial score (nSPS) is 12.3. The Kier molecular flexibility index (Phi) is 4.74. The molecule has 0 spiro atoms. The largest absolute Gasteiger partial charge is 0.481 e. The van der Waals surface area contributed by atoms with Gasteiger partial charge in [-0.1, -0.05) is 19.1 Å². The number of aromatic nitrogens is 2. The molecule has 5 nitrogen and oxygen atoms in total. The summed E-state index contributed by atoms with van der Waals surface area (Å²) in [6.07, 6.45) is 0.571. The minimum atomic E-state index is -0.814. The van der Waals surface area contributed by atoms with Gasteiger partial charge in [0.15, 0.2) is 0 Å². The minimum absolute atomic E-state index is 0.0302. The number of carboxylic acids is 1. The Balaban J connectivity index is 2.17. The van der Waals surface area contributed by atoms with E-state index in [1.807, 2.05) is 32.0 Å². The van der Waals surface area contributed by atoms with Gasteiger partial charge in [0.2, 0.25) is 11.8 Å². The molecule has 0 radical (unpaired) electrons. The SMILES string of the molecule is Cc1cccc(-c2nnc(CC(C)CC(=O)O)o2)c1I. The van der Waals surface area contributed by atoms with Crippen LogP contribution >= 0.6 is 22.6 Å². The third-order valence-corrected chi connectivity index (χ3v) is 4.37. The fourth-order valence-corrected chi connectivity index (χ4v) is 2.52. The summed E-state index contributed by atoms with van der Waals surface area (Å²) in [6.45, 7) is 3.88. The number of aliphatic carboxylic acids is 1. The van der Waals surface area contributed by atoms with Gasteiger partial charge >= 0.3 is 5.97 Å². The summed E-state index contributed by atoms with van der Waals surface area (Å²) in [7, 11) is 0. The van der Waals surface area contributed by atoms with Gasteiger partial charge in [-0.05, 0) is 47.1 Å². The Morgan fingerprint density at radius 3 is 2.90 bits per heavy atom. The van der Waals surface area contributed by atoms with Crippen LogP contribution in [0.15, 0.2) is 22.6 Å². The van der Waals surface area contributed by atoms with Gasteiger partial charge in [0, 0.05) is 16.4 Å². The first-order chi connectivity index (χ1) is 9.47. The predicted octanol–water partition coefficient (Wildman–Crippen LogP) is 3.30. The molecule has 1 unspecified atom stereocenters. The van der Waals surface area contributed by atoms with Crippen molar-refractivity contribution in [2.75, 3.05) is 0 Å². The van der Waals surface area contributed by atoms with Crippen LogP contribution in [0.4, 0.5) is 0 Å². The second kappa shape index (κ2) is 6.34. The van der Waals surface area contributed by atoms with Gasteiger partial charge in [0.25, 0.3) is 0 Å². The van der Waals surface area contributed by atoms with E-state index in [-0.39, 0.29) is 12.3 Å². The van der Waals surface area contributed by atoms with Gasteiger partial charge in [0.1, 0.15) is 0 Å². The Hall–Kier alpha value is -1.44. The Morgan fingerprint density at radius 2 is 2.20 bits per heavy atom. The van der Waals surface area contributed by atoms with Crippen molar-refractivity contribution in [2.24, 2.45) is 5.92 Å². The van der Waals surface area contributed by atoms with Gasteiger partial charge < -0.3 is 9.52 Å². The molecule has 0 saturated carbocycles. The lowest BCUT2D eigenvalue weighted by molar-refractivity contribution is -0.137. The number of benzene rings is 1. The van der Waals surface area contributed by atoms with Gasteiger partial charge in [-0.3, -0.25) is 4.79 Å². The molecule has 106 valence electrons. The third-order valence-electron chi connectivity index (χ3n) is 2.94. The van der Waals surface area contributed by atoms with Crippen molar-refractivity contribution >= 4 is 28.6 Å². The molecular formula is C14H15IN2O3. The van der Waals surface area contributed by atoms with Crippen molar-refractivity contribution in [2.45, 2.75) is 26.7 Å². The maximum absolute atomic E-state index is 10.6. The smallest absolute Gasteiger partial charge is 0.303 e. The molecule has 20 heavy (non-hydrogen) atoms. The molecule has 0 amide bonds. The summed E-state index contributed by atoms with van der Waals surface area (Å²) in [4.78, 5) is 10.6. The molecule has 0 aliphatic rings. The fourth-order valence-electron chi connectivity index (χ4n) is 1.93. The molecule has 1 aromatic heterocycles. The quantitative estimate of drug-likeness (QED) is 0.799. The van der Waals surface area contributed by atoms with Crippen LogP contribution in [-0.2, 0) is 11.2 Å². The lowest BCUT2D eigenvalue weighted by Gasteiger charge is -2.04. The topological polar surface area (TPSA) is 76.2 Å². The van der Waals surface area contributed by atoms with E-state index in [2.05, 4.69) is 32.8 Å². The molecule has 2 aromatic rings. The Labute approximate surface area is 130 Å². The summed E-state index contributed by atoms with van der Waals surface area (Å²) < 4.78 is 6.72. The van der Waals surface area contributed by atoms with Crippen LogP contribution in [0.1, 0.15) is 24.8 Å². The number of rotatable bonds is 5. The molecule has 1 N–H and O–H groups in total. The molecule has 0 aliphatic heterocycles. The second-order valence-corrected chi connectivity index (χ2v) is 5.92. The van der Waals surface area contributed by atoms with Gasteiger partial charge in [-0.25, -0.2) is 0 Å². The maximum atomic E-state index is 10.6. The Morgan fingerprint density at radius 1 is 1.45 bits per heavy atom. The van der Waals surface area contributed by atoms with Crippen LogP contribution in [0.3, 0.4) is 0 Å². The average Bonchev–Trinajstić information content (AvgIpc) is 2.79. The molecule has 0 saturated heterocycles. The monoisotopic (exact) mass is 386 g/mol. The minimum Gasteiger partial charge on any atom is -0.481 e. The molecule has 0 fully saturated rings. The zero-order valence-corrected chi connectivity index (χ0v) is 13.4. The van der Waals surface area contributed by atoms with Gasteiger partial charge in [-0.15, -0.1) is 10.2 Å². The highest BCUT2D eigenvalue weighted by Crippen LogP contribution is 2.27. The molecule has 1 atom stereocenters. The van der Waals surface area contributed by atoms with Crippen LogP contribution in [0.25, 0.3) is 11.5 Å². The molecule has 0 aliphatic carbocycles. The van der Waals surface area contributed by atoms with Crippen molar-refractivity contribution in [3.8, 4) is 11.5 Å². The first-order valence-electron chi connectivity index (χ1n) is 6.27. The molecule has 2 rings (SSSR count). The van der Waals surface area contributed by atoms with Crippen LogP contribution < -0.4 is 0 Å². The summed E-state index contributed by atoms with van der Waals surface area (Å²) in [6, 6.07) is 5.91. The number of carboxylic acid groups (broad SMARTS) is 1. The van der Waals surface area contributed by atoms with Crippen LogP contribution in [-0.4, -0.2) is 21.3 Å². The third kappa shape index (κ3) is 3.56. The number of nitrogens with zero attached hydrogens (tertiary/aromatic N) is 2. The average molecular weight is 386 g/mol. The number of hydrogen-bond acceptors (Lipinski definition) is 4. The van der Waals surface area contributed by atoms with Crippen molar-refractivity contribution in [1.82, 2.24) is 10.2 Å². The molecule has 6 heteroatoms. The number of halogens is 1. The highest BCUT2D eigenvalue weighted by molar-refractivity contribution is 14.1. The van der Waals surface area contributed by atoms with Crippen molar-refractivity contribution in [3.63, 3.8) is 0 Å². The van der Waals surface area contributed by atoms with Crippen molar-refractivity contribution < 1.29 is 14.3 Å². The molecule has 1 aromatic carbocycles. The zero-order chi connectivity index (χ0) is 14.7. The van der Waals surface area contributed by atoms with Gasteiger partial charge in [0.05, 0.1) is 5.56 Å². The Bertz CT molecular complexity index is 625. The van der Waals surface area contributed by atoms with E-state index < -0.39 is 5.97 Å².